The molecule has 9 heteroatoms. The van der Waals surface area contributed by atoms with Crippen LogP contribution in [0.25, 0.3) is 26.0 Å². The number of thiazole rings is 1. The Bertz CT molecular complexity index is 1380. The van der Waals surface area contributed by atoms with Crippen LogP contribution in [0.3, 0.4) is 0 Å². The van der Waals surface area contributed by atoms with E-state index >= 15 is 0 Å². The van der Waals surface area contributed by atoms with Crippen LogP contribution in [0.15, 0.2) is 42.0 Å². The second-order valence-electron chi connectivity index (χ2n) is 8.96. The number of benzene rings is 1. The fourth-order valence-electron chi connectivity index (χ4n) is 4.79. The molecule has 0 saturated carbocycles. The number of anilines is 2. The van der Waals surface area contributed by atoms with Crippen LogP contribution < -0.4 is 5.32 Å². The quantitative estimate of drug-likeness (QED) is 0.310. The number of pyridine rings is 1. The van der Waals surface area contributed by atoms with Gasteiger partial charge in [0.2, 0.25) is 0 Å². The summed E-state index contributed by atoms with van der Waals surface area (Å²) < 4.78 is 27.2. The number of ether oxygens (including phenoxy) is 2. The minimum absolute atomic E-state index is 0.0465. The Hall–Kier alpha value is -2.43. The highest BCUT2D eigenvalue weighted by molar-refractivity contribution is 7.19. The van der Waals surface area contributed by atoms with Crippen LogP contribution in [0.4, 0.5) is 15.8 Å². The summed E-state index contributed by atoms with van der Waals surface area (Å²) in [4.78, 5) is 13.5. The first kappa shape index (κ1) is 23.0. The topological polar surface area (TPSA) is 59.5 Å². The molecule has 2 aliphatic rings. The molecule has 4 aromatic rings. The van der Waals surface area contributed by atoms with Crippen LogP contribution in [0.5, 0.6) is 0 Å². The van der Waals surface area contributed by atoms with E-state index in [0.29, 0.717) is 18.3 Å². The van der Waals surface area contributed by atoms with Crippen molar-refractivity contribution in [2.75, 3.05) is 31.6 Å². The Balaban J connectivity index is 1.17. The summed E-state index contributed by atoms with van der Waals surface area (Å²) in [5.41, 5.74) is 5.10. The van der Waals surface area contributed by atoms with E-state index < -0.39 is 0 Å². The number of nitrogens with one attached hydrogen (secondary N) is 1. The van der Waals surface area contributed by atoms with Gasteiger partial charge in [-0.15, -0.1) is 22.7 Å². The van der Waals surface area contributed by atoms with Gasteiger partial charge in [-0.1, -0.05) is 6.08 Å². The largest absolute Gasteiger partial charge is 0.353 e. The molecule has 1 fully saturated rings. The second-order valence-corrected chi connectivity index (χ2v) is 10.9. The van der Waals surface area contributed by atoms with Gasteiger partial charge in [0.1, 0.15) is 10.6 Å². The molecule has 1 aromatic carbocycles. The van der Waals surface area contributed by atoms with Crippen molar-refractivity contribution >= 4 is 60.1 Å². The van der Waals surface area contributed by atoms with E-state index in [1.54, 1.807) is 29.1 Å². The molecule has 182 valence electrons. The maximum absolute atomic E-state index is 14.7. The normalized spacial score (nSPS) is 21.1. The molecule has 3 aromatic heterocycles. The molecule has 6 nitrogen and oxygen atoms in total. The standard InChI is InChI=1S/C26H27FN4O2S2/c1-16-17(6-8-31(16)9-11-33-25-4-2-3-10-32-25)23-12-18-20(5-7-28-26(18)35-23)30-21-14-22-24(13-19(21)27)34-15-29-22/h5-7,12-16,25H,2-4,8-11H2,1H3,(H,28,30). The predicted molar refractivity (Wildman–Crippen MR) is 141 cm³/mol. The zero-order valence-electron chi connectivity index (χ0n) is 19.5. The third-order valence-corrected chi connectivity index (χ3v) is 8.66. The monoisotopic (exact) mass is 510 g/mol. The van der Waals surface area contributed by atoms with Crippen molar-refractivity contribution in [2.45, 2.75) is 38.5 Å². The maximum atomic E-state index is 14.7. The SMILES string of the molecule is CC1C(c2cc3c(Nc4cc5ncsc5cc4F)ccnc3s2)=CCN1CCOC1CCCCO1. The molecule has 0 spiro atoms. The smallest absolute Gasteiger partial charge is 0.157 e. The molecule has 0 bridgehead atoms. The first-order valence-electron chi connectivity index (χ1n) is 12.0. The van der Waals surface area contributed by atoms with Crippen molar-refractivity contribution in [2.24, 2.45) is 0 Å². The van der Waals surface area contributed by atoms with Gasteiger partial charge in [-0.3, -0.25) is 4.90 Å². The van der Waals surface area contributed by atoms with Gasteiger partial charge in [0.25, 0.3) is 0 Å². The predicted octanol–water partition coefficient (Wildman–Crippen LogP) is 6.42. The molecule has 0 amide bonds. The number of halogens is 1. The lowest BCUT2D eigenvalue weighted by atomic mass is 10.1. The Morgan fingerprint density at radius 2 is 2.17 bits per heavy atom. The first-order valence-corrected chi connectivity index (χ1v) is 13.7. The summed E-state index contributed by atoms with van der Waals surface area (Å²) >= 11 is 3.12. The molecule has 5 heterocycles. The Kier molecular flexibility index (Phi) is 6.51. The third-order valence-electron chi connectivity index (χ3n) is 6.77. The number of fused-ring (bicyclic) bond motifs is 2. The van der Waals surface area contributed by atoms with Gasteiger partial charge < -0.3 is 14.8 Å². The van der Waals surface area contributed by atoms with Crippen molar-refractivity contribution < 1.29 is 13.9 Å². The lowest BCUT2D eigenvalue weighted by Gasteiger charge is -2.26. The molecule has 1 saturated heterocycles. The summed E-state index contributed by atoms with van der Waals surface area (Å²) in [5, 5.41) is 4.27. The molecular weight excluding hydrogens is 483 g/mol. The summed E-state index contributed by atoms with van der Waals surface area (Å²) in [6.45, 7) is 5.49. The minimum atomic E-state index is -0.286. The molecule has 0 radical (unpaired) electrons. The number of hydrogen-bond acceptors (Lipinski definition) is 8. The number of aromatic nitrogens is 2. The molecule has 0 aliphatic carbocycles. The highest BCUT2D eigenvalue weighted by Crippen LogP contribution is 2.38. The summed E-state index contributed by atoms with van der Waals surface area (Å²) in [5.74, 6) is -0.286. The fourth-order valence-corrected chi connectivity index (χ4v) is 6.62. The van der Waals surface area contributed by atoms with E-state index in [0.717, 1.165) is 58.7 Å². The fraction of sp³-hybridized carbons (Fsp3) is 0.385. The van der Waals surface area contributed by atoms with Crippen LogP contribution in [0.1, 0.15) is 31.1 Å². The van der Waals surface area contributed by atoms with E-state index in [1.807, 2.05) is 6.07 Å². The van der Waals surface area contributed by atoms with Gasteiger partial charge >= 0.3 is 0 Å². The van der Waals surface area contributed by atoms with Gasteiger partial charge in [-0.05, 0) is 56.0 Å². The van der Waals surface area contributed by atoms with Crippen molar-refractivity contribution in [3.8, 4) is 0 Å². The summed E-state index contributed by atoms with van der Waals surface area (Å²) in [6, 6.07) is 7.66. The Morgan fingerprint density at radius 3 is 3.06 bits per heavy atom. The average molecular weight is 511 g/mol. The van der Waals surface area contributed by atoms with E-state index in [-0.39, 0.29) is 12.1 Å². The zero-order chi connectivity index (χ0) is 23.8. The van der Waals surface area contributed by atoms with E-state index in [4.69, 9.17) is 9.47 Å². The first-order chi connectivity index (χ1) is 17.2. The average Bonchev–Trinajstić information content (AvgIpc) is 3.59. The molecular formula is C26H27FN4O2S2. The number of nitrogens with zero attached hydrogens (tertiary/aromatic N) is 3. The van der Waals surface area contributed by atoms with E-state index in [9.17, 15) is 4.39 Å². The molecule has 2 unspecified atom stereocenters. The van der Waals surface area contributed by atoms with Crippen molar-refractivity contribution in [3.05, 3.63) is 52.7 Å². The van der Waals surface area contributed by atoms with Gasteiger partial charge in [0.15, 0.2) is 6.29 Å². The van der Waals surface area contributed by atoms with Crippen LogP contribution >= 0.6 is 22.7 Å². The van der Waals surface area contributed by atoms with Crippen LogP contribution in [-0.4, -0.2) is 53.5 Å². The van der Waals surface area contributed by atoms with Crippen molar-refractivity contribution in [1.82, 2.24) is 14.9 Å². The van der Waals surface area contributed by atoms with Crippen LogP contribution in [0.2, 0.25) is 0 Å². The molecule has 6 rings (SSSR count). The highest BCUT2D eigenvalue weighted by atomic mass is 32.1. The van der Waals surface area contributed by atoms with Gasteiger partial charge in [0.05, 0.1) is 33.7 Å². The maximum Gasteiger partial charge on any atom is 0.157 e. The minimum Gasteiger partial charge on any atom is -0.353 e. The van der Waals surface area contributed by atoms with Gasteiger partial charge in [0, 0.05) is 42.2 Å². The lowest BCUT2D eigenvalue weighted by molar-refractivity contribution is -0.164. The molecule has 2 aliphatic heterocycles. The van der Waals surface area contributed by atoms with Gasteiger partial charge in [-0.25, -0.2) is 14.4 Å². The Labute approximate surface area is 211 Å². The van der Waals surface area contributed by atoms with Crippen LogP contribution in [0, 0.1) is 5.82 Å². The number of rotatable bonds is 7. The number of thiophene rings is 1. The summed E-state index contributed by atoms with van der Waals surface area (Å²) in [7, 11) is 0. The number of hydrogen-bond donors (Lipinski definition) is 1. The van der Waals surface area contributed by atoms with E-state index in [1.165, 1.54) is 34.3 Å². The molecule has 2 atom stereocenters. The highest BCUT2D eigenvalue weighted by Gasteiger charge is 2.26. The summed E-state index contributed by atoms with van der Waals surface area (Å²) in [6.07, 6.45) is 7.33. The second kappa shape index (κ2) is 9.91. The van der Waals surface area contributed by atoms with Crippen molar-refractivity contribution in [1.29, 1.82) is 0 Å². The lowest BCUT2D eigenvalue weighted by Crippen LogP contribution is -2.34. The zero-order valence-corrected chi connectivity index (χ0v) is 21.1. The van der Waals surface area contributed by atoms with Crippen LogP contribution in [-0.2, 0) is 9.47 Å². The van der Waals surface area contributed by atoms with Crippen molar-refractivity contribution in [3.63, 3.8) is 0 Å². The van der Waals surface area contributed by atoms with E-state index in [2.05, 4.69) is 39.3 Å². The molecule has 35 heavy (non-hydrogen) atoms. The van der Waals surface area contributed by atoms with Gasteiger partial charge in [-0.2, -0.15) is 0 Å². The Morgan fingerprint density at radius 1 is 1.23 bits per heavy atom. The molecule has 1 N–H and O–H groups in total. The third kappa shape index (κ3) is 4.71.